The summed E-state index contributed by atoms with van der Waals surface area (Å²) in [7, 11) is -0.182. The SMILES string of the molecule is CC1(C)OB(C2=CCOCC2)OC1(C)C.Cc1nc2c(Br)c([N+](=O)[O-])cnc2s1.Cc1nc2c(C3=CCOCC3)c(N)cnc2s1.Cc1nc2c(C3=CCOCC3)c([N+](=O)[O-])cnc2s1. The van der Waals surface area contributed by atoms with E-state index in [-0.39, 0.29) is 29.7 Å². The third kappa shape index (κ3) is 11.0. The van der Waals surface area contributed by atoms with E-state index in [9.17, 15) is 20.2 Å². The molecule has 23 heteroatoms. The number of ether oxygens (including phenoxy) is 3. The summed E-state index contributed by atoms with van der Waals surface area (Å²) in [6, 6.07) is 0. The van der Waals surface area contributed by atoms with Crippen molar-refractivity contribution in [3.8, 4) is 0 Å². The summed E-state index contributed by atoms with van der Waals surface area (Å²) in [5.74, 6) is 0. The van der Waals surface area contributed by atoms with Gasteiger partial charge in [-0.25, -0.2) is 29.9 Å². The molecular weight excluding hydrogens is 961 g/mol. The van der Waals surface area contributed by atoms with Crippen LogP contribution in [0.15, 0.2) is 46.8 Å². The number of nitro groups is 2. The van der Waals surface area contributed by atoms with Gasteiger partial charge in [0.2, 0.25) is 0 Å². The second kappa shape index (κ2) is 20.4. The van der Waals surface area contributed by atoms with Crippen LogP contribution < -0.4 is 5.73 Å². The molecule has 6 aromatic rings. The van der Waals surface area contributed by atoms with Crippen molar-refractivity contribution in [2.45, 2.75) is 78.9 Å². The third-order valence-corrected chi connectivity index (χ3v) is 14.5. The van der Waals surface area contributed by atoms with Gasteiger partial charge in [0.05, 0.1) is 93.2 Å². The Morgan fingerprint density at radius 1 is 0.646 bits per heavy atom. The highest BCUT2D eigenvalue weighted by Crippen LogP contribution is 2.40. The van der Waals surface area contributed by atoms with Crippen molar-refractivity contribution in [1.29, 1.82) is 0 Å². The monoisotopic (exact) mass is 1010 g/mol. The number of fused-ring (bicyclic) bond motifs is 3. The molecule has 18 nitrogen and oxygen atoms in total. The highest BCUT2D eigenvalue weighted by molar-refractivity contribution is 9.10. The van der Waals surface area contributed by atoms with E-state index in [4.69, 9.17) is 29.3 Å². The Morgan fingerprint density at radius 2 is 1.08 bits per heavy atom. The molecule has 0 aliphatic carbocycles. The Bertz CT molecular complexity index is 2850. The maximum absolute atomic E-state index is 11.2. The lowest BCUT2D eigenvalue weighted by Crippen LogP contribution is -2.41. The normalized spacial score (nSPS) is 17.8. The zero-order chi connectivity index (χ0) is 46.6. The number of halogens is 1. The van der Waals surface area contributed by atoms with Gasteiger partial charge in [-0.1, -0.05) is 52.2 Å². The van der Waals surface area contributed by atoms with E-state index in [1.165, 1.54) is 46.1 Å². The predicted octanol–water partition coefficient (Wildman–Crippen LogP) is 9.73. The molecule has 0 atom stereocenters. The number of aromatic nitrogens is 6. The van der Waals surface area contributed by atoms with Gasteiger partial charge in [0.1, 0.15) is 47.9 Å². The number of hydrogen-bond donors (Lipinski definition) is 1. The number of pyridine rings is 3. The fourth-order valence-corrected chi connectivity index (χ4v) is 10.0. The summed E-state index contributed by atoms with van der Waals surface area (Å²) in [5, 5.41) is 24.5. The Morgan fingerprint density at radius 3 is 1.55 bits per heavy atom. The first-order valence-electron chi connectivity index (χ1n) is 20.6. The number of nitrogen functional groups attached to an aromatic ring is 1. The largest absolute Gasteiger partial charge is 0.490 e. The minimum atomic E-state index is -0.481. The van der Waals surface area contributed by atoms with Crippen LogP contribution in [0.3, 0.4) is 0 Å². The van der Waals surface area contributed by atoms with Crippen LogP contribution in [0.5, 0.6) is 0 Å². The number of rotatable bonds is 5. The summed E-state index contributed by atoms with van der Waals surface area (Å²) in [6.45, 7) is 17.9. The first kappa shape index (κ1) is 48.2. The van der Waals surface area contributed by atoms with Crippen LogP contribution in [0.25, 0.3) is 42.2 Å². The molecule has 0 aromatic carbocycles. The van der Waals surface area contributed by atoms with Crippen LogP contribution in [-0.4, -0.2) is 97.7 Å². The van der Waals surface area contributed by atoms with Crippen molar-refractivity contribution in [2.24, 2.45) is 0 Å². The molecule has 1 saturated heterocycles. The molecular formula is C42H47BBrN9O9S3. The van der Waals surface area contributed by atoms with E-state index in [2.05, 4.69) is 85.7 Å². The van der Waals surface area contributed by atoms with Gasteiger partial charge in [0, 0.05) is 5.56 Å². The number of hydrogen-bond acceptors (Lipinski definition) is 19. The third-order valence-electron chi connectivity index (χ3n) is 11.0. The van der Waals surface area contributed by atoms with Gasteiger partial charge in [-0.2, -0.15) is 0 Å². The molecule has 10 rings (SSSR count). The molecule has 0 saturated carbocycles. The van der Waals surface area contributed by atoms with Crippen LogP contribution in [0, 0.1) is 41.0 Å². The van der Waals surface area contributed by atoms with Crippen molar-refractivity contribution in [3.05, 3.63) is 93.1 Å². The molecule has 0 spiro atoms. The molecule has 10 heterocycles. The molecule has 4 aliphatic heterocycles. The van der Waals surface area contributed by atoms with Crippen LogP contribution in [0.4, 0.5) is 17.1 Å². The van der Waals surface area contributed by atoms with Crippen LogP contribution >= 0.6 is 49.9 Å². The second-order valence-electron chi connectivity index (χ2n) is 16.0. The molecule has 0 amide bonds. The van der Waals surface area contributed by atoms with Gasteiger partial charge in [-0.05, 0) is 100 Å². The number of anilines is 1. The fourth-order valence-electron chi connectivity index (χ4n) is 7.09. The molecule has 342 valence electrons. The first-order chi connectivity index (χ1) is 30.9. The lowest BCUT2D eigenvalue weighted by molar-refractivity contribution is -0.385. The van der Waals surface area contributed by atoms with Crippen LogP contribution in [-0.2, 0) is 23.5 Å². The van der Waals surface area contributed by atoms with Gasteiger partial charge in [-0.3, -0.25) is 20.2 Å². The number of nitrogens with zero attached hydrogens (tertiary/aromatic N) is 8. The Kier molecular flexibility index (Phi) is 15.2. The van der Waals surface area contributed by atoms with E-state index in [0.29, 0.717) is 64.4 Å². The molecule has 0 unspecified atom stereocenters. The van der Waals surface area contributed by atoms with Crippen LogP contribution in [0.1, 0.15) is 73.1 Å². The zero-order valence-electron chi connectivity index (χ0n) is 36.8. The van der Waals surface area contributed by atoms with E-state index in [1.807, 2.05) is 26.8 Å². The Labute approximate surface area is 394 Å². The average Bonchev–Trinajstić information content (AvgIpc) is 4.03. The minimum absolute atomic E-state index is 0.0194. The molecule has 6 aromatic heterocycles. The number of thiazole rings is 3. The summed E-state index contributed by atoms with van der Waals surface area (Å²) in [6.07, 6.45) is 12.8. The highest BCUT2D eigenvalue weighted by atomic mass is 79.9. The van der Waals surface area contributed by atoms with Crippen molar-refractivity contribution >= 4 is 116 Å². The highest BCUT2D eigenvalue weighted by Gasteiger charge is 2.52. The quantitative estimate of drug-likeness (QED) is 0.0961. The summed E-state index contributed by atoms with van der Waals surface area (Å²) in [5.41, 5.74) is 13.4. The molecule has 2 N–H and O–H groups in total. The van der Waals surface area contributed by atoms with Crippen molar-refractivity contribution < 1.29 is 33.4 Å². The van der Waals surface area contributed by atoms with E-state index >= 15 is 0 Å². The number of nitrogens with two attached hydrogens (primary N) is 1. The lowest BCUT2D eigenvalue weighted by atomic mass is 9.75. The maximum atomic E-state index is 11.2. The van der Waals surface area contributed by atoms with Crippen LogP contribution in [0.2, 0.25) is 0 Å². The van der Waals surface area contributed by atoms with Gasteiger partial charge in [0.15, 0.2) is 0 Å². The van der Waals surface area contributed by atoms with Gasteiger partial charge < -0.3 is 29.3 Å². The van der Waals surface area contributed by atoms with E-state index in [1.54, 1.807) is 17.5 Å². The van der Waals surface area contributed by atoms with Gasteiger partial charge in [-0.15, -0.1) is 0 Å². The summed E-state index contributed by atoms with van der Waals surface area (Å²) >= 11 is 7.62. The average molecular weight is 1010 g/mol. The van der Waals surface area contributed by atoms with Gasteiger partial charge >= 0.3 is 12.8 Å². The maximum Gasteiger partial charge on any atom is 0.490 e. The summed E-state index contributed by atoms with van der Waals surface area (Å²) in [4.78, 5) is 48.8. The number of aryl methyl sites for hydroxylation is 3. The minimum Gasteiger partial charge on any atom is -0.400 e. The Balaban J connectivity index is 0.000000130. The topological polar surface area (TPSA) is 236 Å². The molecule has 1 fully saturated rings. The fraction of sp³-hybridized carbons (Fsp3) is 0.429. The molecule has 4 aliphatic rings. The van der Waals surface area contributed by atoms with Gasteiger partial charge in [0.25, 0.3) is 5.69 Å². The van der Waals surface area contributed by atoms with Crippen molar-refractivity contribution in [2.75, 3.05) is 45.4 Å². The molecule has 0 radical (unpaired) electrons. The predicted molar refractivity (Wildman–Crippen MR) is 258 cm³/mol. The van der Waals surface area contributed by atoms with E-state index in [0.717, 1.165) is 67.4 Å². The lowest BCUT2D eigenvalue weighted by Gasteiger charge is -2.32. The van der Waals surface area contributed by atoms with Crippen molar-refractivity contribution in [3.63, 3.8) is 0 Å². The first-order valence-corrected chi connectivity index (χ1v) is 23.8. The summed E-state index contributed by atoms with van der Waals surface area (Å²) < 4.78 is 28.2. The Hall–Kier alpha value is -4.72. The van der Waals surface area contributed by atoms with Crippen molar-refractivity contribution in [1.82, 2.24) is 29.9 Å². The van der Waals surface area contributed by atoms with E-state index < -0.39 is 9.85 Å². The zero-order valence-corrected chi connectivity index (χ0v) is 40.9. The molecule has 0 bridgehead atoms. The smallest absolute Gasteiger partial charge is 0.400 e. The standard InChI is InChI=1S/C12H11N3O3S.C12H13N3OS.C11H19BO3.C7H4BrN3O2S/c1-7-14-11-10(8-2-4-18-5-3-8)9(15(16)17)6-13-12(11)19-7;1-7-15-11-10(8-2-4-16-5-3-8)9(13)6-14-12(11)17-7;1-10(2)11(3,4)15-12(14-10)9-5-7-13-8-6-9;1-3-10-6-5(8)4(11(12)13)2-9-7(6)14-3/h2,6H,3-5H2,1H3;2,6H,3-5,13H2,1H3;5H,6-8H2,1-4H3;2H,1H3. The second-order valence-corrected chi connectivity index (χ2v) is 20.4. The molecule has 65 heavy (non-hydrogen) atoms.